The lowest BCUT2D eigenvalue weighted by molar-refractivity contribution is -0.122. The van der Waals surface area contributed by atoms with Crippen molar-refractivity contribution >= 4 is 38.9 Å². The quantitative estimate of drug-likeness (QED) is 0.499. The number of anilines is 2. The van der Waals surface area contributed by atoms with Gasteiger partial charge in [0.15, 0.2) is 6.10 Å². The van der Waals surface area contributed by atoms with Crippen molar-refractivity contribution in [1.29, 1.82) is 0 Å². The zero-order valence-corrected chi connectivity index (χ0v) is 19.1. The van der Waals surface area contributed by atoms with Gasteiger partial charge in [-0.05, 0) is 60.7 Å². The highest BCUT2D eigenvalue weighted by Gasteiger charge is 2.37. The van der Waals surface area contributed by atoms with E-state index in [9.17, 15) is 13.2 Å². The van der Waals surface area contributed by atoms with Gasteiger partial charge >= 0.3 is 0 Å². The predicted octanol–water partition coefficient (Wildman–Crippen LogP) is 4.50. The van der Waals surface area contributed by atoms with Crippen molar-refractivity contribution in [1.82, 2.24) is 0 Å². The van der Waals surface area contributed by atoms with Crippen LogP contribution < -0.4 is 19.1 Å². The van der Waals surface area contributed by atoms with Gasteiger partial charge in [-0.25, -0.2) is 8.42 Å². The van der Waals surface area contributed by atoms with Gasteiger partial charge in [0, 0.05) is 10.7 Å². The summed E-state index contributed by atoms with van der Waals surface area (Å²) in [6.45, 7) is 3.79. The molecule has 1 unspecified atom stereocenters. The zero-order chi connectivity index (χ0) is 23.4. The summed E-state index contributed by atoms with van der Waals surface area (Å²) in [5, 5.41) is 3.19. The number of rotatable bonds is 7. The van der Waals surface area contributed by atoms with Crippen molar-refractivity contribution in [3.63, 3.8) is 0 Å². The van der Waals surface area contributed by atoms with E-state index < -0.39 is 22.0 Å². The number of sulfonamides is 1. The molecule has 9 heteroatoms. The van der Waals surface area contributed by atoms with Gasteiger partial charge in [-0.15, -0.1) is 0 Å². The Labute approximate surface area is 197 Å². The summed E-state index contributed by atoms with van der Waals surface area (Å²) in [6.07, 6.45) is 0.580. The molecule has 0 radical (unpaired) electrons. The Morgan fingerprint density at radius 2 is 1.82 bits per heavy atom. The summed E-state index contributed by atoms with van der Waals surface area (Å²) in [7, 11) is -3.96. The fourth-order valence-electron chi connectivity index (χ4n) is 3.31. The number of nitrogens with one attached hydrogen (secondary N) is 1. The van der Waals surface area contributed by atoms with Crippen LogP contribution in [0.1, 0.15) is 0 Å². The molecule has 33 heavy (non-hydrogen) atoms. The van der Waals surface area contributed by atoms with Crippen molar-refractivity contribution in [3.05, 3.63) is 90.5 Å². The second kappa shape index (κ2) is 9.56. The van der Waals surface area contributed by atoms with E-state index in [4.69, 9.17) is 21.1 Å². The number of amides is 1. The number of ether oxygens (including phenoxy) is 2. The molecule has 0 aromatic heterocycles. The Morgan fingerprint density at radius 3 is 2.52 bits per heavy atom. The molecule has 1 amide bonds. The zero-order valence-electron chi connectivity index (χ0n) is 17.5. The van der Waals surface area contributed by atoms with Gasteiger partial charge in [-0.1, -0.05) is 36.4 Å². The number of carbonyl (C=O) groups is 1. The van der Waals surface area contributed by atoms with E-state index in [-0.39, 0.29) is 11.4 Å². The number of hydrogen-bond donors (Lipinski definition) is 1. The van der Waals surface area contributed by atoms with Crippen LogP contribution in [0.15, 0.2) is 90.3 Å². The molecular formula is C24H21ClN2O5S. The molecule has 0 saturated heterocycles. The average molecular weight is 485 g/mol. The summed E-state index contributed by atoms with van der Waals surface area (Å²) >= 11 is 5.91. The third-order valence-corrected chi connectivity index (χ3v) is 6.96. The van der Waals surface area contributed by atoms with Gasteiger partial charge in [0.25, 0.3) is 15.9 Å². The SMILES string of the molecule is C=CCOc1ccc(NC(=O)C2CN(S(=O)(=O)c3ccc(Cl)cc3)c3ccccc3O2)cc1. The van der Waals surface area contributed by atoms with Crippen molar-refractivity contribution in [2.24, 2.45) is 0 Å². The number of carbonyl (C=O) groups excluding carboxylic acids is 1. The third kappa shape index (κ3) is 4.97. The molecule has 3 aromatic carbocycles. The minimum atomic E-state index is -3.96. The molecule has 170 valence electrons. The second-order valence-corrected chi connectivity index (χ2v) is 9.48. The van der Waals surface area contributed by atoms with E-state index in [1.165, 1.54) is 28.6 Å². The molecule has 0 bridgehead atoms. The monoisotopic (exact) mass is 484 g/mol. The highest BCUT2D eigenvalue weighted by atomic mass is 35.5. The van der Waals surface area contributed by atoms with Gasteiger partial charge in [0.2, 0.25) is 0 Å². The van der Waals surface area contributed by atoms with Gasteiger partial charge < -0.3 is 14.8 Å². The van der Waals surface area contributed by atoms with Crippen LogP contribution in [0.2, 0.25) is 5.02 Å². The normalized spacial score (nSPS) is 15.2. The summed E-state index contributed by atoms with van der Waals surface area (Å²) in [4.78, 5) is 13.0. The number of fused-ring (bicyclic) bond motifs is 1. The van der Waals surface area contributed by atoms with Gasteiger partial charge in [-0.2, -0.15) is 0 Å². The van der Waals surface area contributed by atoms with Crippen LogP contribution in [0.3, 0.4) is 0 Å². The Kier molecular flexibility index (Phi) is 6.57. The summed E-state index contributed by atoms with van der Waals surface area (Å²) in [5.41, 5.74) is 0.890. The molecule has 1 N–H and O–H groups in total. The molecule has 1 heterocycles. The maximum absolute atomic E-state index is 13.4. The minimum Gasteiger partial charge on any atom is -0.490 e. The predicted molar refractivity (Wildman–Crippen MR) is 128 cm³/mol. The summed E-state index contributed by atoms with van der Waals surface area (Å²) in [6, 6.07) is 19.4. The molecule has 7 nitrogen and oxygen atoms in total. The van der Waals surface area contributed by atoms with Gasteiger partial charge in [0.1, 0.15) is 18.1 Å². The molecule has 3 aromatic rings. The molecule has 0 fully saturated rings. The lowest BCUT2D eigenvalue weighted by Crippen LogP contribution is -2.48. The van der Waals surface area contributed by atoms with Crippen LogP contribution in [0.25, 0.3) is 0 Å². The molecule has 1 aliphatic rings. The Morgan fingerprint density at radius 1 is 1.12 bits per heavy atom. The minimum absolute atomic E-state index is 0.0675. The molecular weight excluding hydrogens is 464 g/mol. The number of nitrogens with zero attached hydrogens (tertiary/aromatic N) is 1. The Bertz CT molecular complexity index is 1260. The molecule has 0 spiro atoms. The van der Waals surface area contributed by atoms with Crippen molar-refractivity contribution in [3.8, 4) is 11.5 Å². The van der Waals surface area contributed by atoms with Gasteiger partial charge in [-0.3, -0.25) is 9.10 Å². The van der Waals surface area contributed by atoms with Crippen LogP contribution in [-0.4, -0.2) is 33.6 Å². The largest absolute Gasteiger partial charge is 0.490 e. The fourth-order valence-corrected chi connectivity index (χ4v) is 4.91. The Balaban J connectivity index is 1.57. The standard InChI is InChI=1S/C24H21ClN2O5S/c1-2-15-31-19-11-9-18(10-12-19)26-24(28)23-16-27(21-5-3-4-6-22(21)32-23)33(29,30)20-13-7-17(25)8-14-20/h2-14,23H,1,15-16H2,(H,26,28). The van der Waals surface area contributed by atoms with Crippen LogP contribution in [-0.2, 0) is 14.8 Å². The van der Waals surface area contributed by atoms with Crippen LogP contribution in [0.5, 0.6) is 11.5 Å². The smallest absolute Gasteiger partial charge is 0.267 e. The summed E-state index contributed by atoms with van der Waals surface area (Å²) < 4.78 is 39.2. The van der Waals surface area contributed by atoms with Crippen molar-refractivity contribution < 1.29 is 22.7 Å². The summed E-state index contributed by atoms with van der Waals surface area (Å²) in [5.74, 6) is 0.464. The van der Waals surface area contributed by atoms with E-state index in [1.54, 1.807) is 54.6 Å². The molecule has 0 saturated carbocycles. The topological polar surface area (TPSA) is 84.9 Å². The second-order valence-electron chi connectivity index (χ2n) is 7.18. The van der Waals surface area contributed by atoms with E-state index >= 15 is 0 Å². The van der Waals surface area contributed by atoms with E-state index in [0.717, 1.165) is 0 Å². The molecule has 0 aliphatic carbocycles. The first-order valence-corrected chi connectivity index (χ1v) is 11.9. The first-order chi connectivity index (χ1) is 15.9. The molecule has 4 rings (SSSR count). The van der Waals surface area contributed by atoms with Crippen molar-refractivity contribution in [2.75, 3.05) is 22.8 Å². The number of hydrogen-bond acceptors (Lipinski definition) is 5. The van der Waals surface area contributed by atoms with Gasteiger partial charge in [0.05, 0.1) is 17.1 Å². The number of benzene rings is 3. The van der Waals surface area contributed by atoms with E-state index in [0.29, 0.717) is 34.5 Å². The lowest BCUT2D eigenvalue weighted by Gasteiger charge is -2.34. The van der Waals surface area contributed by atoms with Crippen LogP contribution in [0.4, 0.5) is 11.4 Å². The van der Waals surface area contributed by atoms with Crippen molar-refractivity contribution in [2.45, 2.75) is 11.0 Å². The average Bonchev–Trinajstić information content (AvgIpc) is 2.83. The van der Waals surface area contributed by atoms with Crippen LogP contribution in [0, 0.1) is 0 Å². The molecule has 1 aliphatic heterocycles. The first-order valence-electron chi connectivity index (χ1n) is 10.1. The van der Waals surface area contributed by atoms with Crippen LogP contribution >= 0.6 is 11.6 Å². The number of halogens is 1. The maximum atomic E-state index is 13.4. The lowest BCUT2D eigenvalue weighted by atomic mass is 10.2. The Hall–Kier alpha value is -3.49. The third-order valence-electron chi connectivity index (χ3n) is 4.92. The molecule has 1 atom stereocenters. The fraction of sp³-hybridized carbons (Fsp3) is 0.125. The van der Waals surface area contributed by atoms with E-state index in [1.807, 2.05) is 0 Å². The first kappa shape index (κ1) is 22.7. The highest BCUT2D eigenvalue weighted by molar-refractivity contribution is 7.92. The highest BCUT2D eigenvalue weighted by Crippen LogP contribution is 2.37. The van der Waals surface area contributed by atoms with E-state index in [2.05, 4.69) is 11.9 Å². The maximum Gasteiger partial charge on any atom is 0.267 e. The number of para-hydroxylation sites is 2.